The van der Waals surface area contributed by atoms with Crippen LogP contribution in [0.2, 0.25) is 0 Å². The average Bonchev–Trinajstić information content (AvgIpc) is 3.54. The van der Waals surface area contributed by atoms with Crippen LogP contribution in [-0.4, -0.2) is 40.6 Å². The Hall–Kier alpha value is -3.45. The zero-order valence-electron chi connectivity index (χ0n) is 33.6. The number of hydrogen-bond donors (Lipinski definition) is 4. The fourth-order valence-electron chi connectivity index (χ4n) is 13.9. The Balaban J connectivity index is 1.05. The van der Waals surface area contributed by atoms with Gasteiger partial charge in [0.25, 0.3) is 5.91 Å². The predicted octanol–water partition coefficient (Wildman–Crippen LogP) is 8.99. The SMILES string of the molecule is C=C(C)[C@@H]1CC[C@]2(C(=O)NCc3cccc(C(=O)NCCc4ccc(C(=O)O)cc4)c3)CC[C@]3(C)C(CCC4[C@@]5(C)CC[C@H](O)C(C)(C)C5CC[C@]43C)C12. The van der Waals surface area contributed by atoms with Crippen molar-refractivity contribution in [3.8, 4) is 0 Å². The predicted molar refractivity (Wildman–Crippen MR) is 213 cm³/mol. The van der Waals surface area contributed by atoms with Crippen molar-refractivity contribution in [2.45, 2.75) is 125 Å². The number of amides is 2. The van der Waals surface area contributed by atoms with Crippen LogP contribution in [0.15, 0.2) is 60.7 Å². The molecule has 5 saturated carbocycles. The quantitative estimate of drug-likeness (QED) is 0.192. The van der Waals surface area contributed by atoms with E-state index in [1.54, 1.807) is 30.3 Å². The van der Waals surface area contributed by atoms with Gasteiger partial charge in [-0.2, -0.15) is 0 Å². The molecule has 54 heavy (non-hydrogen) atoms. The molecule has 5 aliphatic carbocycles. The van der Waals surface area contributed by atoms with Crippen molar-refractivity contribution in [2.24, 2.45) is 56.7 Å². The maximum atomic E-state index is 14.7. The lowest BCUT2D eigenvalue weighted by molar-refractivity contribution is -0.246. The van der Waals surface area contributed by atoms with E-state index in [0.29, 0.717) is 48.7 Å². The summed E-state index contributed by atoms with van der Waals surface area (Å²) >= 11 is 0. The van der Waals surface area contributed by atoms with Crippen LogP contribution in [-0.2, 0) is 17.8 Å². The van der Waals surface area contributed by atoms with Crippen molar-refractivity contribution in [2.75, 3.05) is 6.54 Å². The summed E-state index contributed by atoms with van der Waals surface area (Å²) in [5, 5.41) is 26.6. The van der Waals surface area contributed by atoms with Crippen LogP contribution in [0.5, 0.6) is 0 Å². The molecular formula is C47H64N2O5. The van der Waals surface area contributed by atoms with Gasteiger partial charge in [-0.1, -0.05) is 71.0 Å². The number of rotatable bonds is 9. The maximum absolute atomic E-state index is 14.7. The minimum absolute atomic E-state index is 0.0644. The van der Waals surface area contributed by atoms with Gasteiger partial charge in [-0.05, 0) is 164 Å². The first-order valence-corrected chi connectivity index (χ1v) is 20.8. The molecule has 2 aromatic rings. The van der Waals surface area contributed by atoms with Gasteiger partial charge in [-0.3, -0.25) is 9.59 Å². The number of carboxylic acids is 1. The molecule has 2 amide bonds. The molecule has 0 aliphatic heterocycles. The van der Waals surface area contributed by atoms with Gasteiger partial charge >= 0.3 is 5.97 Å². The first-order chi connectivity index (χ1) is 25.5. The molecule has 0 heterocycles. The number of allylic oxidation sites excluding steroid dienone is 1. The summed E-state index contributed by atoms with van der Waals surface area (Å²) in [7, 11) is 0. The van der Waals surface area contributed by atoms with Crippen LogP contribution in [0.3, 0.4) is 0 Å². The topological polar surface area (TPSA) is 116 Å². The van der Waals surface area contributed by atoms with E-state index < -0.39 is 11.4 Å². The Morgan fingerprint density at radius 1 is 0.778 bits per heavy atom. The number of aliphatic hydroxyl groups is 1. The van der Waals surface area contributed by atoms with Gasteiger partial charge in [0, 0.05) is 18.7 Å². The molecule has 7 nitrogen and oxygen atoms in total. The maximum Gasteiger partial charge on any atom is 0.335 e. The van der Waals surface area contributed by atoms with Crippen molar-refractivity contribution in [3.63, 3.8) is 0 Å². The minimum Gasteiger partial charge on any atom is -0.478 e. The highest BCUT2D eigenvalue weighted by Gasteiger charge is 2.71. The third kappa shape index (κ3) is 6.06. The lowest BCUT2D eigenvalue weighted by Crippen LogP contribution is -2.67. The first-order valence-electron chi connectivity index (χ1n) is 20.8. The third-order valence-corrected chi connectivity index (χ3v) is 17.0. The van der Waals surface area contributed by atoms with Crippen LogP contribution in [0.4, 0.5) is 0 Å². The molecule has 5 fully saturated rings. The van der Waals surface area contributed by atoms with Crippen molar-refractivity contribution in [3.05, 3.63) is 82.9 Å². The summed E-state index contributed by atoms with van der Waals surface area (Å²) in [5.41, 5.74) is 3.96. The van der Waals surface area contributed by atoms with Gasteiger partial charge in [0.15, 0.2) is 0 Å². The number of fused-ring (bicyclic) bond motifs is 7. The van der Waals surface area contributed by atoms with Crippen LogP contribution in [0.25, 0.3) is 0 Å². The average molecular weight is 737 g/mol. The number of carboxylic acid groups (broad SMARTS) is 1. The van der Waals surface area contributed by atoms with Crippen molar-refractivity contribution >= 4 is 17.8 Å². The molecule has 7 rings (SSSR count). The zero-order valence-corrected chi connectivity index (χ0v) is 33.6. The van der Waals surface area contributed by atoms with Gasteiger partial charge in [0.2, 0.25) is 5.91 Å². The van der Waals surface area contributed by atoms with E-state index in [1.807, 2.05) is 18.2 Å². The Labute approximate surface area is 323 Å². The van der Waals surface area contributed by atoms with E-state index in [-0.39, 0.29) is 51.1 Å². The second-order valence-electron chi connectivity index (χ2n) is 19.6. The monoisotopic (exact) mass is 736 g/mol. The number of aromatic carboxylic acids is 1. The van der Waals surface area contributed by atoms with Gasteiger partial charge < -0.3 is 20.8 Å². The van der Waals surface area contributed by atoms with Crippen LogP contribution in [0, 0.1) is 56.7 Å². The van der Waals surface area contributed by atoms with Crippen LogP contribution >= 0.6 is 0 Å². The van der Waals surface area contributed by atoms with Crippen LogP contribution in [0.1, 0.15) is 138 Å². The minimum atomic E-state index is -0.957. The molecule has 4 unspecified atom stereocenters. The van der Waals surface area contributed by atoms with Gasteiger partial charge in [0.1, 0.15) is 0 Å². The second-order valence-corrected chi connectivity index (χ2v) is 19.6. The van der Waals surface area contributed by atoms with Crippen molar-refractivity contribution < 1.29 is 24.6 Å². The number of aliphatic hydroxyl groups excluding tert-OH is 1. The largest absolute Gasteiger partial charge is 0.478 e. The Morgan fingerprint density at radius 3 is 2.22 bits per heavy atom. The molecule has 292 valence electrons. The first kappa shape index (κ1) is 38.8. The number of carbonyl (C=O) groups excluding carboxylic acids is 2. The molecule has 7 heteroatoms. The molecule has 2 aromatic carbocycles. The third-order valence-electron chi connectivity index (χ3n) is 17.0. The van der Waals surface area contributed by atoms with E-state index in [2.05, 4.69) is 58.8 Å². The summed E-state index contributed by atoms with van der Waals surface area (Å²) in [5.74, 6) is 1.29. The summed E-state index contributed by atoms with van der Waals surface area (Å²) in [6.07, 6.45) is 11.0. The Bertz CT molecular complexity index is 1800. The number of hydrogen-bond acceptors (Lipinski definition) is 4. The summed E-state index contributed by atoms with van der Waals surface area (Å²) in [6.45, 7) is 20.0. The number of carbonyl (C=O) groups is 3. The molecular weight excluding hydrogens is 673 g/mol. The van der Waals surface area contributed by atoms with Gasteiger partial charge in [0.05, 0.1) is 17.1 Å². The van der Waals surface area contributed by atoms with Gasteiger partial charge in [-0.25, -0.2) is 4.79 Å². The second kappa shape index (κ2) is 13.9. The zero-order chi connectivity index (χ0) is 38.8. The normalized spacial score (nSPS) is 37.8. The van der Waals surface area contributed by atoms with E-state index in [4.69, 9.17) is 5.11 Å². The molecule has 0 bridgehead atoms. The fraction of sp³-hybridized carbons (Fsp3) is 0.638. The molecule has 0 spiro atoms. The van der Waals surface area contributed by atoms with E-state index in [1.165, 1.54) is 24.8 Å². The summed E-state index contributed by atoms with van der Waals surface area (Å²) < 4.78 is 0. The lowest BCUT2D eigenvalue weighted by atomic mass is 9.32. The van der Waals surface area contributed by atoms with E-state index in [0.717, 1.165) is 56.1 Å². The molecule has 0 radical (unpaired) electrons. The Kier molecular flexibility index (Phi) is 10.0. The molecule has 0 aromatic heterocycles. The summed E-state index contributed by atoms with van der Waals surface area (Å²) in [4.78, 5) is 38.9. The fourth-order valence-corrected chi connectivity index (χ4v) is 13.9. The smallest absolute Gasteiger partial charge is 0.335 e. The van der Waals surface area contributed by atoms with Crippen molar-refractivity contribution in [1.29, 1.82) is 0 Å². The lowest BCUT2D eigenvalue weighted by Gasteiger charge is -2.72. The highest BCUT2D eigenvalue weighted by molar-refractivity contribution is 5.94. The molecule has 4 N–H and O–H groups in total. The number of benzene rings is 2. The van der Waals surface area contributed by atoms with Crippen LogP contribution < -0.4 is 10.6 Å². The van der Waals surface area contributed by atoms with E-state index >= 15 is 0 Å². The molecule has 5 aliphatic rings. The van der Waals surface area contributed by atoms with E-state index in [9.17, 15) is 19.5 Å². The molecule has 10 atom stereocenters. The highest BCUT2D eigenvalue weighted by atomic mass is 16.4. The Morgan fingerprint density at radius 2 is 1.52 bits per heavy atom. The van der Waals surface area contributed by atoms with Crippen molar-refractivity contribution in [1.82, 2.24) is 10.6 Å². The molecule has 0 saturated heterocycles. The number of nitrogens with one attached hydrogen (secondary N) is 2. The standard InChI is InChI=1S/C47H64N2O5/c1-29(2)34-17-23-47(42(54)49-28-31-9-8-10-33(27-31)40(51)48-26-20-30-11-13-32(14-12-30)41(52)53)25-24-45(6)35(39(34)47)15-16-37-44(5)21-19-38(50)43(3,4)36(44)18-22-46(37,45)7/h8-14,27,34-39,50H,1,15-26,28H2,2-7H3,(H,48,51)(H,49,54)(H,52,53)/t34-,35?,36?,37?,38-,39?,44-,45+,46+,47-/m0/s1. The summed E-state index contributed by atoms with van der Waals surface area (Å²) in [6, 6.07) is 14.2. The van der Waals surface area contributed by atoms with Gasteiger partial charge in [-0.15, -0.1) is 0 Å². The highest BCUT2D eigenvalue weighted by Crippen LogP contribution is 2.77.